The fraction of sp³-hybridized carbons (Fsp3) is 0.333. The average Bonchev–Trinajstić information content (AvgIpc) is 2.79. The Kier molecular flexibility index (Phi) is 7.63. The topological polar surface area (TPSA) is 15.7 Å². The Morgan fingerprint density at radius 2 is 1.55 bits per heavy atom. The first-order chi connectivity index (χ1) is 15.2. The summed E-state index contributed by atoms with van der Waals surface area (Å²) in [7, 11) is 0. The van der Waals surface area contributed by atoms with Crippen LogP contribution in [0.3, 0.4) is 0 Å². The number of piperazine rings is 1. The Labute approximate surface area is 191 Å². The van der Waals surface area contributed by atoms with Gasteiger partial charge in [0.1, 0.15) is 11.9 Å². The van der Waals surface area contributed by atoms with E-state index in [2.05, 4.69) is 77.4 Å². The predicted molar refractivity (Wildman–Crippen MR) is 129 cm³/mol. The van der Waals surface area contributed by atoms with E-state index in [0.29, 0.717) is 0 Å². The Morgan fingerprint density at radius 1 is 0.839 bits per heavy atom. The first-order valence-corrected chi connectivity index (χ1v) is 11.5. The van der Waals surface area contributed by atoms with Crippen molar-refractivity contribution in [2.45, 2.75) is 26.0 Å². The summed E-state index contributed by atoms with van der Waals surface area (Å²) in [6, 6.07) is 27.1. The summed E-state index contributed by atoms with van der Waals surface area (Å²) in [5.41, 5.74) is 3.76. The molecule has 1 fully saturated rings. The van der Waals surface area contributed by atoms with Crippen LogP contribution in [0.4, 0.5) is 0 Å². The number of hydrogen-bond donors (Lipinski definition) is 0. The highest BCUT2D eigenvalue weighted by molar-refractivity contribution is 6.30. The summed E-state index contributed by atoms with van der Waals surface area (Å²) in [6.07, 6.45) is 0.927. The normalized spacial score (nSPS) is 16.2. The third-order valence-electron chi connectivity index (χ3n) is 5.94. The van der Waals surface area contributed by atoms with E-state index >= 15 is 0 Å². The molecule has 0 amide bonds. The van der Waals surface area contributed by atoms with E-state index in [1.165, 1.54) is 11.1 Å². The van der Waals surface area contributed by atoms with Gasteiger partial charge in [-0.15, -0.1) is 0 Å². The minimum atomic E-state index is -0.0104. The molecule has 4 rings (SSSR count). The number of ether oxygens (including phenoxy) is 1. The maximum absolute atomic E-state index is 6.41. The summed E-state index contributed by atoms with van der Waals surface area (Å²) in [4.78, 5) is 5.10. The highest BCUT2D eigenvalue weighted by Gasteiger charge is 2.20. The minimum absolute atomic E-state index is 0.0104. The van der Waals surface area contributed by atoms with Gasteiger partial charge in [-0.2, -0.15) is 0 Å². The lowest BCUT2D eigenvalue weighted by Gasteiger charge is -2.35. The van der Waals surface area contributed by atoms with Gasteiger partial charge in [-0.05, 0) is 42.3 Å². The molecule has 0 aliphatic carbocycles. The van der Waals surface area contributed by atoms with Gasteiger partial charge in [0.15, 0.2) is 0 Å². The average molecular weight is 435 g/mol. The molecule has 3 nitrogen and oxygen atoms in total. The van der Waals surface area contributed by atoms with Crippen molar-refractivity contribution in [2.24, 2.45) is 0 Å². The molecule has 3 aromatic rings. The maximum Gasteiger partial charge on any atom is 0.125 e. The Morgan fingerprint density at radius 3 is 2.26 bits per heavy atom. The molecule has 0 N–H and O–H groups in total. The van der Waals surface area contributed by atoms with E-state index in [1.807, 2.05) is 18.2 Å². The van der Waals surface area contributed by atoms with Crippen LogP contribution in [-0.2, 0) is 6.54 Å². The van der Waals surface area contributed by atoms with Crippen LogP contribution in [0, 0.1) is 6.92 Å². The van der Waals surface area contributed by atoms with Crippen molar-refractivity contribution in [1.29, 1.82) is 0 Å². The van der Waals surface area contributed by atoms with Crippen molar-refractivity contribution in [3.05, 3.63) is 101 Å². The molecule has 0 bridgehead atoms. The van der Waals surface area contributed by atoms with E-state index < -0.39 is 0 Å². The Balaban J connectivity index is 1.33. The van der Waals surface area contributed by atoms with Gasteiger partial charge in [-0.1, -0.05) is 71.8 Å². The molecule has 3 aromatic carbocycles. The van der Waals surface area contributed by atoms with Gasteiger partial charge >= 0.3 is 0 Å². The zero-order valence-electron chi connectivity index (χ0n) is 18.2. The van der Waals surface area contributed by atoms with E-state index in [-0.39, 0.29) is 6.10 Å². The smallest absolute Gasteiger partial charge is 0.125 e. The van der Waals surface area contributed by atoms with Crippen molar-refractivity contribution in [3.8, 4) is 5.75 Å². The fourth-order valence-corrected chi connectivity index (χ4v) is 4.29. The van der Waals surface area contributed by atoms with E-state index in [4.69, 9.17) is 16.3 Å². The van der Waals surface area contributed by atoms with Crippen LogP contribution in [0.2, 0.25) is 5.02 Å². The number of halogens is 1. The first kappa shape index (κ1) is 21.9. The highest BCUT2D eigenvalue weighted by atomic mass is 35.5. The van der Waals surface area contributed by atoms with Gasteiger partial charge in [-0.25, -0.2) is 0 Å². The molecule has 162 valence electrons. The summed E-state index contributed by atoms with van der Waals surface area (Å²) in [6.45, 7) is 8.55. The minimum Gasteiger partial charge on any atom is -0.486 e. The Bertz CT molecular complexity index is 937. The van der Waals surface area contributed by atoms with Crippen LogP contribution in [0.5, 0.6) is 5.75 Å². The third kappa shape index (κ3) is 6.57. The summed E-state index contributed by atoms with van der Waals surface area (Å²) >= 11 is 6.27. The second kappa shape index (κ2) is 10.8. The summed E-state index contributed by atoms with van der Waals surface area (Å²) in [5, 5.41) is 0.754. The monoisotopic (exact) mass is 434 g/mol. The van der Waals surface area contributed by atoms with Crippen LogP contribution in [0.25, 0.3) is 0 Å². The summed E-state index contributed by atoms with van der Waals surface area (Å²) < 4.78 is 6.41. The van der Waals surface area contributed by atoms with Crippen molar-refractivity contribution in [3.63, 3.8) is 0 Å². The molecular weight excluding hydrogens is 404 g/mol. The molecule has 0 aromatic heterocycles. The van der Waals surface area contributed by atoms with E-state index in [9.17, 15) is 0 Å². The molecule has 1 heterocycles. The van der Waals surface area contributed by atoms with Gasteiger partial charge in [-0.3, -0.25) is 4.90 Å². The zero-order chi connectivity index (χ0) is 21.5. The second-order valence-corrected chi connectivity index (χ2v) is 8.80. The Hall–Kier alpha value is -2.33. The van der Waals surface area contributed by atoms with E-state index in [1.54, 1.807) is 0 Å². The van der Waals surface area contributed by atoms with Crippen LogP contribution in [-0.4, -0.2) is 42.5 Å². The molecule has 0 radical (unpaired) electrons. The second-order valence-electron chi connectivity index (χ2n) is 8.37. The largest absolute Gasteiger partial charge is 0.486 e. The van der Waals surface area contributed by atoms with Gasteiger partial charge < -0.3 is 9.64 Å². The van der Waals surface area contributed by atoms with Crippen LogP contribution < -0.4 is 4.74 Å². The van der Waals surface area contributed by atoms with E-state index in [0.717, 1.165) is 62.0 Å². The molecule has 31 heavy (non-hydrogen) atoms. The number of aryl methyl sites for hydroxylation is 1. The van der Waals surface area contributed by atoms with Gasteiger partial charge in [0.25, 0.3) is 0 Å². The van der Waals surface area contributed by atoms with Crippen molar-refractivity contribution < 1.29 is 4.74 Å². The molecule has 4 heteroatoms. The first-order valence-electron chi connectivity index (χ1n) is 11.1. The molecule has 1 atom stereocenters. The number of rotatable bonds is 8. The summed E-state index contributed by atoms with van der Waals surface area (Å²) in [5.74, 6) is 0.906. The van der Waals surface area contributed by atoms with Crippen molar-refractivity contribution in [2.75, 3.05) is 32.7 Å². The third-order valence-corrected chi connectivity index (χ3v) is 6.18. The van der Waals surface area contributed by atoms with Crippen molar-refractivity contribution >= 4 is 11.6 Å². The number of hydrogen-bond acceptors (Lipinski definition) is 3. The molecule has 1 unspecified atom stereocenters. The SMILES string of the molecule is Cc1ccc(OC(CCN2CCN(Cc3ccccc3)CC2)c2cccc(Cl)c2)cc1. The molecule has 0 saturated carbocycles. The lowest BCUT2D eigenvalue weighted by molar-refractivity contribution is 0.107. The predicted octanol–water partition coefficient (Wildman–Crippen LogP) is 5.98. The van der Waals surface area contributed by atoms with Gasteiger partial charge in [0.2, 0.25) is 0 Å². The maximum atomic E-state index is 6.41. The molecule has 1 aliphatic heterocycles. The number of nitrogens with zero attached hydrogens (tertiary/aromatic N) is 2. The molecule has 1 aliphatic rings. The lowest BCUT2D eigenvalue weighted by Crippen LogP contribution is -2.46. The molecule has 1 saturated heterocycles. The van der Waals surface area contributed by atoms with Crippen molar-refractivity contribution in [1.82, 2.24) is 9.80 Å². The lowest BCUT2D eigenvalue weighted by atomic mass is 10.1. The van der Waals surface area contributed by atoms with Gasteiger partial charge in [0, 0.05) is 50.7 Å². The standard InChI is InChI=1S/C27H31ClN2O/c1-22-10-12-26(13-11-22)31-27(24-8-5-9-25(28)20-24)14-15-29-16-18-30(19-17-29)21-23-6-3-2-4-7-23/h2-13,20,27H,14-19,21H2,1H3. The molecule has 0 spiro atoms. The molecular formula is C27H31ClN2O. The highest BCUT2D eigenvalue weighted by Crippen LogP contribution is 2.27. The van der Waals surface area contributed by atoms with Crippen LogP contribution in [0.1, 0.15) is 29.2 Å². The van der Waals surface area contributed by atoms with Crippen LogP contribution >= 0.6 is 11.6 Å². The quantitative estimate of drug-likeness (QED) is 0.434. The van der Waals surface area contributed by atoms with Crippen LogP contribution in [0.15, 0.2) is 78.9 Å². The number of benzene rings is 3. The van der Waals surface area contributed by atoms with Gasteiger partial charge in [0.05, 0.1) is 0 Å². The fourth-order valence-electron chi connectivity index (χ4n) is 4.09. The zero-order valence-corrected chi connectivity index (χ0v) is 19.0.